The molecule has 15 heavy (non-hydrogen) atoms. The minimum atomic E-state index is -0.0625. The van der Waals surface area contributed by atoms with Crippen LogP contribution in [0.4, 0.5) is 0 Å². The first-order valence-corrected chi connectivity index (χ1v) is 4.23. The molecule has 0 fully saturated rings. The summed E-state index contributed by atoms with van der Waals surface area (Å²) in [6.45, 7) is 5.62. The molecule has 0 spiro atoms. The van der Waals surface area contributed by atoms with E-state index in [1.54, 1.807) is 0 Å². The molecule has 0 atom stereocenters. The predicted molar refractivity (Wildman–Crippen MR) is 60.5 cm³/mol. The first kappa shape index (κ1) is 19.9. The minimum absolute atomic E-state index is 0. The Balaban J connectivity index is -0.000000180. The van der Waals surface area contributed by atoms with Gasteiger partial charge in [-0.15, -0.1) is 0 Å². The molecule has 0 amide bonds. The van der Waals surface area contributed by atoms with Gasteiger partial charge in [-0.2, -0.15) is 0 Å². The van der Waals surface area contributed by atoms with Gasteiger partial charge >= 0.3 is 23.1 Å². The topological polar surface area (TPSA) is 68.3 Å². The van der Waals surface area contributed by atoms with Crippen molar-refractivity contribution >= 4 is 46.2 Å². The summed E-state index contributed by atoms with van der Waals surface area (Å²) in [7, 11) is 0. The van der Waals surface area contributed by atoms with E-state index in [4.69, 9.17) is 0 Å². The number of rotatable bonds is 4. The van der Waals surface area contributed by atoms with Gasteiger partial charge in [-0.3, -0.25) is 19.2 Å². The molecule has 0 unspecified atom stereocenters. The average Bonchev–Trinajstić information content (AvgIpc) is 1.79. The molecule has 0 N–H and O–H groups in total. The number of carbonyl (C=O) groups excluding carboxylic acids is 4. The Morgan fingerprint density at radius 2 is 0.733 bits per heavy atom. The molecule has 0 saturated heterocycles. The van der Waals surface area contributed by atoms with Gasteiger partial charge in [-0.05, 0) is 27.7 Å². The van der Waals surface area contributed by atoms with Crippen molar-refractivity contribution in [3.05, 3.63) is 0 Å². The third-order valence-electron chi connectivity index (χ3n) is 0.996. The Morgan fingerprint density at radius 1 is 0.600 bits per heavy atom. The highest BCUT2D eigenvalue weighted by Gasteiger charge is 1.95. The summed E-state index contributed by atoms with van der Waals surface area (Å²) in [6.07, 6.45) is 0.167. The number of ketones is 4. The molecule has 0 radical (unpaired) electrons. The first-order chi connectivity index (χ1) is 6.25. The molecule has 0 aromatic heterocycles. The number of hydrogen-bond acceptors (Lipinski definition) is 4. The van der Waals surface area contributed by atoms with Crippen molar-refractivity contribution in [1.29, 1.82) is 0 Å². The Morgan fingerprint density at radius 3 is 0.733 bits per heavy atom. The predicted octanol–water partition coefficient (Wildman–Crippen LogP) is 0.193. The van der Waals surface area contributed by atoms with E-state index in [2.05, 4.69) is 0 Å². The monoisotopic (exact) mass is 226 g/mol. The number of Topliss-reactive ketones (excluding diaryl/α,β-unsaturated/α-hetero) is 4. The zero-order valence-electron chi connectivity index (χ0n) is 9.05. The molecule has 0 aromatic rings. The van der Waals surface area contributed by atoms with Crippen molar-refractivity contribution in [2.45, 2.75) is 40.5 Å². The Kier molecular flexibility index (Phi) is 15.3. The van der Waals surface area contributed by atoms with E-state index in [0.717, 1.165) is 0 Å². The Labute approximate surface area is 106 Å². The number of carbonyl (C=O) groups is 4. The van der Waals surface area contributed by atoms with Crippen LogP contribution in [0.2, 0.25) is 0 Å². The standard InChI is InChI=1S/2C5H8O2.Mg.2H/c2*1-4(6)3-5(2)7;;;/h2*3H2,1-2H3;;;. The number of hydrogen-bond donors (Lipinski definition) is 0. The van der Waals surface area contributed by atoms with E-state index in [1.807, 2.05) is 0 Å². The van der Waals surface area contributed by atoms with E-state index < -0.39 is 0 Å². The van der Waals surface area contributed by atoms with Crippen LogP contribution in [0.25, 0.3) is 0 Å². The molecular formula is C10H18MgO4. The van der Waals surface area contributed by atoms with Gasteiger partial charge in [0.2, 0.25) is 0 Å². The van der Waals surface area contributed by atoms with Crippen molar-refractivity contribution < 1.29 is 19.2 Å². The molecule has 0 aliphatic heterocycles. The van der Waals surface area contributed by atoms with Crippen LogP contribution in [0.15, 0.2) is 0 Å². The Hall–Kier alpha value is -0.554. The highest BCUT2D eigenvalue weighted by atomic mass is 24.3. The van der Waals surface area contributed by atoms with E-state index in [-0.39, 0.29) is 59.0 Å². The van der Waals surface area contributed by atoms with Gasteiger partial charge in [0.05, 0.1) is 12.8 Å². The molecule has 0 aromatic carbocycles. The van der Waals surface area contributed by atoms with Gasteiger partial charge in [0.1, 0.15) is 23.1 Å². The van der Waals surface area contributed by atoms with Crippen molar-refractivity contribution in [2.75, 3.05) is 0 Å². The zero-order chi connectivity index (χ0) is 11.7. The largest absolute Gasteiger partial charge is 0.316 e. The SMILES string of the molecule is CC(=O)CC(C)=O.CC(=O)CC(C)=O.[MgH2]. The van der Waals surface area contributed by atoms with Crippen LogP contribution in [0.1, 0.15) is 40.5 Å². The summed E-state index contributed by atoms with van der Waals surface area (Å²) in [5.41, 5.74) is 0. The zero-order valence-corrected chi connectivity index (χ0v) is 9.05. The fraction of sp³-hybridized carbons (Fsp3) is 0.600. The van der Waals surface area contributed by atoms with E-state index in [1.165, 1.54) is 27.7 Å². The van der Waals surface area contributed by atoms with Crippen LogP contribution in [0.3, 0.4) is 0 Å². The molecule has 84 valence electrons. The second-order valence-electron chi connectivity index (χ2n) is 3.16. The molecule has 0 rings (SSSR count). The molecular weight excluding hydrogens is 208 g/mol. The smallest absolute Gasteiger partial charge is 0.300 e. The molecule has 4 nitrogen and oxygen atoms in total. The average molecular weight is 227 g/mol. The fourth-order valence-electron chi connectivity index (χ4n) is 0.701. The lowest BCUT2D eigenvalue weighted by Crippen LogP contribution is -1.97. The summed E-state index contributed by atoms with van der Waals surface area (Å²) in [5.74, 6) is -0.250. The van der Waals surface area contributed by atoms with Crippen LogP contribution in [-0.4, -0.2) is 46.2 Å². The van der Waals surface area contributed by atoms with Gasteiger partial charge in [0.25, 0.3) is 0 Å². The molecule has 0 aliphatic rings. The Bertz CT molecular complexity index is 196. The maximum atomic E-state index is 10.0. The molecule has 0 aliphatic carbocycles. The minimum Gasteiger partial charge on any atom is -0.300 e. The van der Waals surface area contributed by atoms with Crippen molar-refractivity contribution in [1.82, 2.24) is 0 Å². The van der Waals surface area contributed by atoms with Crippen LogP contribution in [0, 0.1) is 0 Å². The highest BCUT2D eigenvalue weighted by Crippen LogP contribution is 1.80. The lowest BCUT2D eigenvalue weighted by Gasteiger charge is -1.81. The fourth-order valence-corrected chi connectivity index (χ4v) is 0.701. The first-order valence-electron chi connectivity index (χ1n) is 4.23. The van der Waals surface area contributed by atoms with Crippen molar-refractivity contribution in [3.8, 4) is 0 Å². The summed E-state index contributed by atoms with van der Waals surface area (Å²) in [6, 6.07) is 0. The normalized spacial score (nSPS) is 7.73. The van der Waals surface area contributed by atoms with E-state index in [0.29, 0.717) is 0 Å². The van der Waals surface area contributed by atoms with E-state index >= 15 is 0 Å². The molecule has 5 heteroatoms. The second-order valence-corrected chi connectivity index (χ2v) is 3.16. The van der Waals surface area contributed by atoms with Gasteiger partial charge in [0, 0.05) is 0 Å². The second kappa shape index (κ2) is 11.5. The van der Waals surface area contributed by atoms with Crippen LogP contribution >= 0.6 is 0 Å². The quantitative estimate of drug-likeness (QED) is 0.507. The third kappa shape index (κ3) is 31.8. The summed E-state index contributed by atoms with van der Waals surface area (Å²) < 4.78 is 0. The van der Waals surface area contributed by atoms with Gasteiger partial charge < -0.3 is 0 Å². The van der Waals surface area contributed by atoms with Crippen LogP contribution < -0.4 is 0 Å². The van der Waals surface area contributed by atoms with Crippen LogP contribution in [-0.2, 0) is 19.2 Å². The van der Waals surface area contributed by atoms with Gasteiger partial charge in [-0.25, -0.2) is 0 Å². The van der Waals surface area contributed by atoms with Crippen molar-refractivity contribution in [3.63, 3.8) is 0 Å². The van der Waals surface area contributed by atoms with Gasteiger partial charge in [0.15, 0.2) is 0 Å². The molecule has 0 saturated carbocycles. The van der Waals surface area contributed by atoms with E-state index in [9.17, 15) is 19.2 Å². The summed E-state index contributed by atoms with van der Waals surface area (Å²) >= 11 is 0. The molecule has 0 bridgehead atoms. The maximum Gasteiger partial charge on any atom is 0.316 e. The van der Waals surface area contributed by atoms with Gasteiger partial charge in [-0.1, -0.05) is 0 Å². The van der Waals surface area contributed by atoms with Crippen LogP contribution in [0.5, 0.6) is 0 Å². The maximum absolute atomic E-state index is 10.0. The van der Waals surface area contributed by atoms with Crippen molar-refractivity contribution in [2.24, 2.45) is 0 Å². The molecule has 0 heterocycles. The summed E-state index contributed by atoms with van der Waals surface area (Å²) in [5, 5.41) is 0. The summed E-state index contributed by atoms with van der Waals surface area (Å²) in [4.78, 5) is 40.1. The highest BCUT2D eigenvalue weighted by molar-refractivity contribution is 5.97. The lowest BCUT2D eigenvalue weighted by molar-refractivity contribution is -0.126. The lowest BCUT2D eigenvalue weighted by atomic mass is 10.2. The third-order valence-corrected chi connectivity index (χ3v) is 0.996.